The zero-order valence-electron chi connectivity index (χ0n) is 8.53. The minimum Gasteiger partial charge on any atom is -0.359 e. The summed E-state index contributed by atoms with van der Waals surface area (Å²) in [6, 6.07) is 7.25. The summed E-state index contributed by atoms with van der Waals surface area (Å²) < 4.78 is 5.32. The number of hydrogen-bond acceptors (Lipinski definition) is 3. The van der Waals surface area contributed by atoms with Gasteiger partial charge in [-0.1, -0.05) is 24.3 Å². The predicted octanol–water partition coefficient (Wildman–Crippen LogP) is 1.40. The molecule has 1 atom stereocenters. The highest BCUT2D eigenvalue weighted by Crippen LogP contribution is 2.31. The number of Topliss-reactive ketones (excluding diaryl/α,β-unsaturated/α-hetero) is 1. The van der Waals surface area contributed by atoms with Crippen LogP contribution in [0.4, 0.5) is 0 Å². The largest absolute Gasteiger partial charge is 0.359 e. The number of ketones is 1. The molecule has 2 rings (SSSR count). The maximum atomic E-state index is 12.0. The van der Waals surface area contributed by atoms with E-state index in [0.717, 1.165) is 5.56 Å². The summed E-state index contributed by atoms with van der Waals surface area (Å²) in [5, 5.41) is 0. The molecule has 0 spiro atoms. The highest BCUT2D eigenvalue weighted by Gasteiger charge is 2.46. The van der Waals surface area contributed by atoms with Gasteiger partial charge in [-0.25, -0.2) is 0 Å². The van der Waals surface area contributed by atoms with Gasteiger partial charge in [0.2, 0.25) is 5.78 Å². The molecule has 15 heavy (non-hydrogen) atoms. The van der Waals surface area contributed by atoms with Crippen molar-refractivity contribution in [2.75, 3.05) is 6.61 Å². The molecule has 0 aromatic heterocycles. The molecule has 0 amide bonds. The lowest BCUT2D eigenvalue weighted by atomic mass is 10.0. The number of rotatable bonds is 3. The van der Waals surface area contributed by atoms with Crippen molar-refractivity contribution < 1.29 is 14.3 Å². The molecule has 0 radical (unpaired) electrons. The summed E-state index contributed by atoms with van der Waals surface area (Å²) in [6.45, 7) is 2.14. The van der Waals surface area contributed by atoms with Crippen LogP contribution < -0.4 is 0 Å². The second-order valence-electron chi connectivity index (χ2n) is 3.60. The standard InChI is InChI=1S/C12H12O3/c1-2-15-12(8-13)7-9-5-3-4-6-10(9)11(12)14/h3-6,8H,2,7H2,1H3. The molecule has 0 aliphatic heterocycles. The van der Waals surface area contributed by atoms with Gasteiger partial charge in [-0.15, -0.1) is 0 Å². The van der Waals surface area contributed by atoms with Gasteiger partial charge in [-0.3, -0.25) is 9.59 Å². The Hall–Kier alpha value is -1.48. The molecule has 78 valence electrons. The van der Waals surface area contributed by atoms with E-state index in [1.807, 2.05) is 12.1 Å². The van der Waals surface area contributed by atoms with Crippen molar-refractivity contribution in [1.29, 1.82) is 0 Å². The second kappa shape index (κ2) is 3.59. The minimum atomic E-state index is -1.27. The van der Waals surface area contributed by atoms with Gasteiger partial charge in [0.05, 0.1) is 0 Å². The number of carbonyl (C=O) groups excluding carboxylic acids is 2. The number of fused-ring (bicyclic) bond motifs is 1. The van der Waals surface area contributed by atoms with Crippen molar-refractivity contribution in [3.05, 3.63) is 35.4 Å². The first-order valence-electron chi connectivity index (χ1n) is 4.96. The van der Waals surface area contributed by atoms with E-state index in [4.69, 9.17) is 4.74 Å². The molecule has 3 nitrogen and oxygen atoms in total. The maximum absolute atomic E-state index is 12.0. The molecular weight excluding hydrogens is 192 g/mol. The van der Waals surface area contributed by atoms with Crippen LogP contribution in [0.5, 0.6) is 0 Å². The summed E-state index contributed by atoms with van der Waals surface area (Å²) >= 11 is 0. The Morgan fingerprint density at radius 3 is 2.80 bits per heavy atom. The van der Waals surface area contributed by atoms with Crippen LogP contribution in [-0.2, 0) is 16.0 Å². The SMILES string of the molecule is CCOC1(C=O)Cc2ccccc2C1=O. The van der Waals surface area contributed by atoms with E-state index in [2.05, 4.69) is 0 Å². The number of ether oxygens (including phenoxy) is 1. The van der Waals surface area contributed by atoms with E-state index in [9.17, 15) is 9.59 Å². The molecule has 1 aliphatic carbocycles. The quantitative estimate of drug-likeness (QED) is 0.552. The lowest BCUT2D eigenvalue weighted by Crippen LogP contribution is -2.41. The second-order valence-corrected chi connectivity index (χ2v) is 3.60. The number of carbonyl (C=O) groups is 2. The van der Waals surface area contributed by atoms with Crippen LogP contribution in [0.25, 0.3) is 0 Å². The molecule has 0 saturated carbocycles. The molecule has 0 bridgehead atoms. The highest BCUT2D eigenvalue weighted by atomic mass is 16.5. The van der Waals surface area contributed by atoms with E-state index in [1.54, 1.807) is 19.1 Å². The highest BCUT2D eigenvalue weighted by molar-refractivity contribution is 6.15. The van der Waals surface area contributed by atoms with Crippen LogP contribution in [0.2, 0.25) is 0 Å². The Bertz CT molecular complexity index is 411. The predicted molar refractivity (Wildman–Crippen MR) is 54.9 cm³/mol. The summed E-state index contributed by atoms with van der Waals surface area (Å²) in [6.07, 6.45) is 0.984. The van der Waals surface area contributed by atoms with Crippen LogP contribution in [-0.4, -0.2) is 24.3 Å². The summed E-state index contributed by atoms with van der Waals surface area (Å²) in [4.78, 5) is 23.0. The van der Waals surface area contributed by atoms with Crippen LogP contribution in [0.3, 0.4) is 0 Å². The van der Waals surface area contributed by atoms with E-state index in [-0.39, 0.29) is 5.78 Å². The van der Waals surface area contributed by atoms with Crippen LogP contribution in [0.15, 0.2) is 24.3 Å². The number of benzene rings is 1. The van der Waals surface area contributed by atoms with E-state index >= 15 is 0 Å². The normalized spacial score (nSPS) is 23.9. The lowest BCUT2D eigenvalue weighted by molar-refractivity contribution is -0.124. The van der Waals surface area contributed by atoms with Gasteiger partial charge in [0.1, 0.15) is 0 Å². The third-order valence-electron chi connectivity index (χ3n) is 2.69. The Balaban J connectivity index is 2.44. The van der Waals surface area contributed by atoms with Crippen molar-refractivity contribution in [2.45, 2.75) is 18.9 Å². The van der Waals surface area contributed by atoms with E-state index in [0.29, 0.717) is 24.9 Å². The zero-order chi connectivity index (χ0) is 10.9. The zero-order valence-corrected chi connectivity index (χ0v) is 8.53. The Kier molecular flexibility index (Phi) is 2.40. The molecule has 1 aromatic rings. The molecule has 0 saturated heterocycles. The van der Waals surface area contributed by atoms with E-state index < -0.39 is 5.60 Å². The van der Waals surface area contributed by atoms with Gasteiger partial charge in [0.25, 0.3) is 0 Å². The van der Waals surface area contributed by atoms with Crippen LogP contribution in [0, 0.1) is 0 Å². The van der Waals surface area contributed by atoms with Crippen LogP contribution >= 0.6 is 0 Å². The average molecular weight is 204 g/mol. The third kappa shape index (κ3) is 1.39. The number of aldehydes is 1. The first-order chi connectivity index (χ1) is 7.23. The summed E-state index contributed by atoms with van der Waals surface area (Å²) in [5.74, 6) is -0.213. The van der Waals surface area contributed by atoms with Gasteiger partial charge in [0, 0.05) is 18.6 Å². The fourth-order valence-electron chi connectivity index (χ4n) is 1.99. The van der Waals surface area contributed by atoms with Gasteiger partial charge in [-0.2, -0.15) is 0 Å². The molecule has 0 fully saturated rings. The van der Waals surface area contributed by atoms with Crippen molar-refractivity contribution in [3.8, 4) is 0 Å². The lowest BCUT2D eigenvalue weighted by Gasteiger charge is -2.19. The van der Waals surface area contributed by atoms with Gasteiger partial charge >= 0.3 is 0 Å². The average Bonchev–Trinajstić information content (AvgIpc) is 2.54. The Labute approximate surface area is 88.1 Å². The number of hydrogen-bond donors (Lipinski definition) is 0. The smallest absolute Gasteiger partial charge is 0.202 e. The Morgan fingerprint density at radius 2 is 2.20 bits per heavy atom. The first kappa shape index (κ1) is 10.1. The van der Waals surface area contributed by atoms with Crippen molar-refractivity contribution in [1.82, 2.24) is 0 Å². The molecule has 1 aromatic carbocycles. The fraction of sp³-hybridized carbons (Fsp3) is 0.333. The monoisotopic (exact) mass is 204 g/mol. The van der Waals surface area contributed by atoms with Gasteiger partial charge in [0.15, 0.2) is 11.9 Å². The first-order valence-corrected chi connectivity index (χ1v) is 4.96. The molecule has 1 aliphatic rings. The van der Waals surface area contributed by atoms with Crippen molar-refractivity contribution in [3.63, 3.8) is 0 Å². The van der Waals surface area contributed by atoms with Gasteiger partial charge < -0.3 is 4.74 Å². The molecule has 3 heteroatoms. The van der Waals surface area contributed by atoms with Crippen molar-refractivity contribution >= 4 is 12.1 Å². The third-order valence-corrected chi connectivity index (χ3v) is 2.69. The fourth-order valence-corrected chi connectivity index (χ4v) is 1.99. The molecule has 1 unspecified atom stereocenters. The van der Waals surface area contributed by atoms with Gasteiger partial charge in [-0.05, 0) is 12.5 Å². The minimum absolute atomic E-state index is 0.213. The summed E-state index contributed by atoms with van der Waals surface area (Å²) in [7, 11) is 0. The molecule has 0 heterocycles. The molecular formula is C12H12O3. The molecule has 0 N–H and O–H groups in total. The Morgan fingerprint density at radius 1 is 1.47 bits per heavy atom. The topological polar surface area (TPSA) is 43.4 Å². The van der Waals surface area contributed by atoms with E-state index in [1.165, 1.54) is 0 Å². The summed E-state index contributed by atoms with van der Waals surface area (Å²) in [5.41, 5.74) is 0.236. The van der Waals surface area contributed by atoms with Crippen molar-refractivity contribution in [2.24, 2.45) is 0 Å². The van der Waals surface area contributed by atoms with Crippen LogP contribution in [0.1, 0.15) is 22.8 Å². The maximum Gasteiger partial charge on any atom is 0.202 e.